The molecule has 2 nitrogen and oxygen atoms in total. The first-order valence-electron chi connectivity index (χ1n) is 6.94. The average molecular weight is 267 g/mol. The van der Waals surface area contributed by atoms with Crippen LogP contribution in [0.5, 0.6) is 5.75 Å². The Bertz CT molecular complexity index is 562. The molecule has 0 saturated heterocycles. The molecule has 0 bridgehead atoms. The molecule has 0 fully saturated rings. The van der Waals surface area contributed by atoms with Crippen molar-refractivity contribution in [1.82, 2.24) is 5.32 Å². The van der Waals surface area contributed by atoms with Crippen LogP contribution in [0.4, 0.5) is 0 Å². The highest BCUT2D eigenvalue weighted by Crippen LogP contribution is 2.32. The van der Waals surface area contributed by atoms with Gasteiger partial charge in [0.2, 0.25) is 0 Å². The summed E-state index contributed by atoms with van der Waals surface area (Å²) in [4.78, 5) is 0. The van der Waals surface area contributed by atoms with Crippen molar-refractivity contribution in [3.8, 4) is 5.75 Å². The van der Waals surface area contributed by atoms with Crippen LogP contribution < -0.4 is 5.32 Å². The van der Waals surface area contributed by atoms with Crippen LogP contribution in [-0.2, 0) is 0 Å². The van der Waals surface area contributed by atoms with E-state index in [2.05, 4.69) is 24.0 Å². The number of benzene rings is 1. The third kappa shape index (κ3) is 3.41. The largest absolute Gasteiger partial charge is 0.508 e. The van der Waals surface area contributed by atoms with Crippen molar-refractivity contribution < 1.29 is 5.11 Å². The summed E-state index contributed by atoms with van der Waals surface area (Å²) in [6.45, 7) is 3.92. The van der Waals surface area contributed by atoms with Gasteiger partial charge in [0.1, 0.15) is 5.75 Å². The van der Waals surface area contributed by atoms with E-state index in [4.69, 9.17) is 0 Å². The molecule has 1 aliphatic rings. The van der Waals surface area contributed by atoms with Gasteiger partial charge >= 0.3 is 0 Å². The van der Waals surface area contributed by atoms with E-state index in [0.29, 0.717) is 5.75 Å². The van der Waals surface area contributed by atoms with Crippen molar-refractivity contribution in [3.05, 3.63) is 71.5 Å². The van der Waals surface area contributed by atoms with Gasteiger partial charge in [0.15, 0.2) is 0 Å². The van der Waals surface area contributed by atoms with Crippen LogP contribution >= 0.6 is 0 Å². The summed E-state index contributed by atoms with van der Waals surface area (Å²) in [5.41, 5.74) is 4.99. The molecular formula is C18H21NO. The Morgan fingerprint density at radius 1 is 1.20 bits per heavy atom. The molecule has 1 aromatic rings. The summed E-state index contributed by atoms with van der Waals surface area (Å²) in [5.74, 6) is 0.299. The third-order valence-corrected chi connectivity index (χ3v) is 3.48. The SMILES string of the molecule is C=CC1=C(/C=C\NC)/C(=C/c2ccc(O)cc2)CCC1. The summed E-state index contributed by atoms with van der Waals surface area (Å²) < 4.78 is 0. The van der Waals surface area contributed by atoms with Crippen molar-refractivity contribution in [1.29, 1.82) is 0 Å². The van der Waals surface area contributed by atoms with E-state index in [9.17, 15) is 5.11 Å². The van der Waals surface area contributed by atoms with E-state index in [-0.39, 0.29) is 0 Å². The van der Waals surface area contributed by atoms with E-state index in [1.54, 1.807) is 12.1 Å². The molecule has 2 N–H and O–H groups in total. The molecule has 0 spiro atoms. The lowest BCUT2D eigenvalue weighted by molar-refractivity contribution is 0.475. The fourth-order valence-corrected chi connectivity index (χ4v) is 2.46. The van der Waals surface area contributed by atoms with Crippen molar-refractivity contribution in [3.63, 3.8) is 0 Å². The molecule has 0 amide bonds. The van der Waals surface area contributed by atoms with Crippen LogP contribution in [0, 0.1) is 0 Å². The van der Waals surface area contributed by atoms with Gasteiger partial charge in [-0.05, 0) is 66.0 Å². The summed E-state index contributed by atoms with van der Waals surface area (Å²) in [5, 5.41) is 12.4. The maximum Gasteiger partial charge on any atom is 0.115 e. The van der Waals surface area contributed by atoms with E-state index < -0.39 is 0 Å². The number of hydrogen-bond donors (Lipinski definition) is 2. The summed E-state index contributed by atoms with van der Waals surface area (Å²) in [7, 11) is 1.90. The number of phenols is 1. The zero-order chi connectivity index (χ0) is 14.4. The minimum absolute atomic E-state index is 0.299. The lowest BCUT2D eigenvalue weighted by atomic mass is 9.86. The Morgan fingerprint density at radius 3 is 2.60 bits per heavy atom. The lowest BCUT2D eigenvalue weighted by Gasteiger charge is -2.19. The quantitative estimate of drug-likeness (QED) is 0.858. The molecule has 2 rings (SSSR count). The fraction of sp³-hybridized carbons (Fsp3) is 0.222. The molecule has 104 valence electrons. The third-order valence-electron chi connectivity index (χ3n) is 3.48. The standard InChI is InChI=1S/C18H21NO/c1-3-15-5-4-6-16(18(15)11-12-19-2)13-14-7-9-17(20)10-8-14/h3,7-13,19-20H,1,4-6H2,2H3/b12-11-,16-13+. The predicted octanol–water partition coefficient (Wildman–Crippen LogP) is 4.18. The van der Waals surface area contributed by atoms with E-state index in [1.807, 2.05) is 31.5 Å². The zero-order valence-corrected chi connectivity index (χ0v) is 11.9. The van der Waals surface area contributed by atoms with Crippen molar-refractivity contribution in [2.45, 2.75) is 19.3 Å². The summed E-state index contributed by atoms with van der Waals surface area (Å²) in [6.07, 6.45) is 11.5. The van der Waals surface area contributed by atoms with Crippen LogP contribution in [-0.4, -0.2) is 12.2 Å². The number of allylic oxidation sites excluding steroid dienone is 5. The second-order valence-electron chi connectivity index (χ2n) is 4.88. The zero-order valence-electron chi connectivity index (χ0n) is 11.9. The van der Waals surface area contributed by atoms with Gasteiger partial charge in [0.25, 0.3) is 0 Å². The Morgan fingerprint density at radius 2 is 1.95 bits per heavy atom. The molecule has 0 aromatic heterocycles. The van der Waals surface area contributed by atoms with Crippen molar-refractivity contribution in [2.75, 3.05) is 7.05 Å². The maximum atomic E-state index is 9.35. The lowest BCUT2D eigenvalue weighted by Crippen LogP contribution is -2.02. The Labute approximate surface area is 120 Å². The average Bonchev–Trinajstić information content (AvgIpc) is 2.48. The highest BCUT2D eigenvalue weighted by Gasteiger charge is 2.13. The van der Waals surface area contributed by atoms with Crippen LogP contribution in [0.25, 0.3) is 6.08 Å². The Hall–Kier alpha value is -2.22. The van der Waals surface area contributed by atoms with Crippen molar-refractivity contribution >= 4 is 6.08 Å². The van der Waals surface area contributed by atoms with Crippen LogP contribution in [0.15, 0.2) is 65.9 Å². The summed E-state index contributed by atoms with van der Waals surface area (Å²) >= 11 is 0. The van der Waals surface area contributed by atoms with E-state index in [1.165, 1.54) is 16.7 Å². The van der Waals surface area contributed by atoms with Crippen LogP contribution in [0.2, 0.25) is 0 Å². The van der Waals surface area contributed by atoms with Crippen molar-refractivity contribution in [2.24, 2.45) is 0 Å². The first-order chi connectivity index (χ1) is 9.74. The second-order valence-corrected chi connectivity index (χ2v) is 4.88. The molecule has 20 heavy (non-hydrogen) atoms. The van der Waals surface area contributed by atoms with Gasteiger partial charge in [0.05, 0.1) is 0 Å². The smallest absolute Gasteiger partial charge is 0.115 e. The Balaban J connectivity index is 2.39. The van der Waals surface area contributed by atoms with Crippen LogP contribution in [0.3, 0.4) is 0 Å². The van der Waals surface area contributed by atoms with Gasteiger partial charge in [0, 0.05) is 7.05 Å². The first-order valence-corrected chi connectivity index (χ1v) is 6.94. The van der Waals surface area contributed by atoms with E-state index in [0.717, 1.165) is 24.8 Å². The predicted molar refractivity (Wildman–Crippen MR) is 85.4 cm³/mol. The van der Waals surface area contributed by atoms with Gasteiger partial charge in [-0.15, -0.1) is 0 Å². The molecule has 0 heterocycles. The van der Waals surface area contributed by atoms with Gasteiger partial charge in [-0.25, -0.2) is 0 Å². The molecule has 1 aromatic carbocycles. The normalized spacial score (nSPS) is 17.8. The van der Waals surface area contributed by atoms with Gasteiger partial charge in [-0.1, -0.05) is 30.9 Å². The van der Waals surface area contributed by atoms with Gasteiger partial charge in [-0.2, -0.15) is 0 Å². The van der Waals surface area contributed by atoms with Gasteiger partial charge in [-0.3, -0.25) is 0 Å². The maximum absolute atomic E-state index is 9.35. The number of phenolic OH excluding ortho intramolecular Hbond substituents is 1. The molecule has 0 saturated carbocycles. The monoisotopic (exact) mass is 267 g/mol. The number of hydrogen-bond acceptors (Lipinski definition) is 2. The minimum Gasteiger partial charge on any atom is -0.508 e. The molecule has 0 aliphatic heterocycles. The molecule has 2 heteroatoms. The minimum atomic E-state index is 0.299. The highest BCUT2D eigenvalue weighted by atomic mass is 16.3. The first kappa shape index (κ1) is 14.2. The topological polar surface area (TPSA) is 32.3 Å². The highest BCUT2D eigenvalue weighted by molar-refractivity contribution is 5.63. The van der Waals surface area contributed by atoms with E-state index >= 15 is 0 Å². The number of rotatable bonds is 4. The number of aromatic hydroxyl groups is 1. The summed E-state index contributed by atoms with van der Waals surface area (Å²) in [6, 6.07) is 7.31. The molecule has 0 unspecified atom stereocenters. The molecular weight excluding hydrogens is 246 g/mol. The molecule has 0 atom stereocenters. The molecule has 0 radical (unpaired) electrons. The fourth-order valence-electron chi connectivity index (χ4n) is 2.46. The Kier molecular flexibility index (Phi) is 4.83. The van der Waals surface area contributed by atoms with Gasteiger partial charge < -0.3 is 10.4 Å². The van der Waals surface area contributed by atoms with Crippen LogP contribution in [0.1, 0.15) is 24.8 Å². The number of nitrogens with one attached hydrogen (secondary N) is 1. The second kappa shape index (κ2) is 6.80. The molecule has 1 aliphatic carbocycles.